The van der Waals surface area contributed by atoms with Crippen LogP contribution < -0.4 is 10.6 Å². The third kappa shape index (κ3) is 2.38. The lowest BCUT2D eigenvalue weighted by Gasteiger charge is -2.10. The third-order valence-electron chi connectivity index (χ3n) is 2.72. The number of nitrogens with one attached hydrogen (secondary N) is 3. The minimum Gasteiger partial charge on any atom is -0.357 e. The van der Waals surface area contributed by atoms with Gasteiger partial charge in [-0.2, -0.15) is 15.1 Å². The molecule has 0 aliphatic rings. The van der Waals surface area contributed by atoms with E-state index in [1.807, 2.05) is 0 Å². The molecule has 20 heavy (non-hydrogen) atoms. The molecule has 3 aromatic rings. The molecule has 0 aliphatic carbocycles. The van der Waals surface area contributed by atoms with Crippen molar-refractivity contribution in [2.45, 2.75) is 0 Å². The molecule has 0 saturated heterocycles. The molecule has 3 N–H and O–H groups in total. The normalized spacial score (nSPS) is 10.8. The van der Waals surface area contributed by atoms with E-state index in [9.17, 15) is 4.39 Å². The number of halogens is 2. The summed E-state index contributed by atoms with van der Waals surface area (Å²) in [6.07, 6.45) is 1.65. The maximum Gasteiger partial charge on any atom is 0.226 e. The third-order valence-corrected chi connectivity index (χ3v) is 3.61. The lowest BCUT2D eigenvalue weighted by atomic mass is 10.3. The second-order valence-corrected chi connectivity index (χ2v) is 5.19. The van der Waals surface area contributed by atoms with E-state index in [4.69, 9.17) is 0 Å². The minimum absolute atomic E-state index is 0.271. The number of benzene rings is 1. The first kappa shape index (κ1) is 13.0. The molecule has 2 aromatic heterocycles. The van der Waals surface area contributed by atoms with Crippen molar-refractivity contribution in [3.63, 3.8) is 0 Å². The highest BCUT2D eigenvalue weighted by atomic mass is 127. The maximum atomic E-state index is 13.1. The Bertz CT molecular complexity index is 772. The highest BCUT2D eigenvalue weighted by Gasteiger charge is 2.10. The highest BCUT2D eigenvalue weighted by molar-refractivity contribution is 14.1. The van der Waals surface area contributed by atoms with Gasteiger partial charge in [-0.15, -0.1) is 0 Å². The average Bonchev–Trinajstić information content (AvgIpc) is 2.90. The van der Waals surface area contributed by atoms with Crippen LogP contribution in [0.25, 0.3) is 11.0 Å². The maximum absolute atomic E-state index is 13.1. The number of aromatic amines is 1. The van der Waals surface area contributed by atoms with Gasteiger partial charge in [-0.05, 0) is 40.8 Å². The van der Waals surface area contributed by atoms with Crippen molar-refractivity contribution in [3.05, 3.63) is 33.8 Å². The molecular weight excluding hydrogens is 374 g/mol. The van der Waals surface area contributed by atoms with Crippen molar-refractivity contribution >= 4 is 51.1 Å². The summed E-state index contributed by atoms with van der Waals surface area (Å²) >= 11 is 2.07. The molecule has 8 heteroatoms. The van der Waals surface area contributed by atoms with Crippen LogP contribution in [0.5, 0.6) is 0 Å². The Morgan fingerprint density at radius 3 is 2.90 bits per heavy atom. The number of H-pyrrole nitrogens is 1. The Morgan fingerprint density at radius 2 is 2.15 bits per heavy atom. The molecule has 3 rings (SSSR count). The molecule has 1 aromatic carbocycles. The summed E-state index contributed by atoms with van der Waals surface area (Å²) in [7, 11) is 1.74. The van der Waals surface area contributed by atoms with Gasteiger partial charge in [0.15, 0.2) is 5.65 Å². The summed E-state index contributed by atoms with van der Waals surface area (Å²) < 4.78 is 13.9. The monoisotopic (exact) mass is 384 g/mol. The number of aromatic nitrogens is 4. The molecule has 0 spiro atoms. The fourth-order valence-electron chi connectivity index (χ4n) is 1.76. The first-order valence-electron chi connectivity index (χ1n) is 5.78. The second-order valence-electron chi connectivity index (χ2n) is 4.03. The fraction of sp³-hybridized carbons (Fsp3) is 0.0833. The number of hydrogen-bond acceptors (Lipinski definition) is 5. The van der Waals surface area contributed by atoms with Gasteiger partial charge >= 0.3 is 0 Å². The molecule has 0 unspecified atom stereocenters. The zero-order valence-electron chi connectivity index (χ0n) is 10.4. The van der Waals surface area contributed by atoms with Gasteiger partial charge in [0.25, 0.3) is 0 Å². The molecule has 0 aliphatic heterocycles. The lowest BCUT2D eigenvalue weighted by molar-refractivity contribution is 0.627. The minimum atomic E-state index is -0.271. The van der Waals surface area contributed by atoms with E-state index >= 15 is 0 Å². The van der Waals surface area contributed by atoms with E-state index in [1.165, 1.54) is 12.1 Å². The van der Waals surface area contributed by atoms with Crippen LogP contribution in [0.1, 0.15) is 0 Å². The SMILES string of the molecule is CNc1nc(Nc2ccc(F)cc2I)c2cn[nH]c2n1. The molecular formula is C12H10FIN6. The summed E-state index contributed by atoms with van der Waals surface area (Å²) in [5.74, 6) is 0.811. The average molecular weight is 384 g/mol. The number of anilines is 3. The van der Waals surface area contributed by atoms with Gasteiger partial charge in [0, 0.05) is 10.6 Å². The van der Waals surface area contributed by atoms with Crippen molar-refractivity contribution in [2.24, 2.45) is 0 Å². The standard InChI is InChI=1S/C12H10FIN6/c1-15-12-18-10(7-5-16-20-11(7)19-12)17-9-3-2-6(13)4-8(9)14/h2-5H,1H3,(H3,15,16,17,18,19,20). The Labute approximate surface area is 127 Å². The fourth-order valence-corrected chi connectivity index (χ4v) is 2.37. The largest absolute Gasteiger partial charge is 0.357 e. The van der Waals surface area contributed by atoms with Gasteiger partial charge in [-0.1, -0.05) is 0 Å². The van der Waals surface area contributed by atoms with E-state index < -0.39 is 0 Å². The smallest absolute Gasteiger partial charge is 0.226 e. The van der Waals surface area contributed by atoms with Gasteiger partial charge in [0.1, 0.15) is 11.6 Å². The second kappa shape index (κ2) is 5.19. The van der Waals surface area contributed by atoms with Gasteiger partial charge in [0.05, 0.1) is 17.3 Å². The van der Waals surface area contributed by atoms with E-state index in [0.29, 0.717) is 17.4 Å². The number of rotatable bonds is 3. The first-order valence-corrected chi connectivity index (χ1v) is 6.86. The number of hydrogen-bond donors (Lipinski definition) is 3. The lowest BCUT2D eigenvalue weighted by Crippen LogP contribution is -2.02. The zero-order valence-corrected chi connectivity index (χ0v) is 12.6. The topological polar surface area (TPSA) is 78.5 Å². The van der Waals surface area contributed by atoms with Gasteiger partial charge in [0.2, 0.25) is 5.95 Å². The predicted molar refractivity (Wildman–Crippen MR) is 83.6 cm³/mol. The van der Waals surface area contributed by atoms with Crippen LogP contribution in [-0.2, 0) is 0 Å². The van der Waals surface area contributed by atoms with Crippen LogP contribution in [0.4, 0.5) is 21.8 Å². The molecule has 0 bridgehead atoms. The van der Waals surface area contributed by atoms with Crippen molar-refractivity contribution in [1.29, 1.82) is 0 Å². The van der Waals surface area contributed by atoms with Crippen LogP contribution in [0, 0.1) is 9.39 Å². The summed E-state index contributed by atoms with van der Waals surface area (Å²) in [5.41, 5.74) is 1.40. The predicted octanol–water partition coefficient (Wildman–Crippen LogP) is 2.88. The molecule has 0 radical (unpaired) electrons. The van der Waals surface area contributed by atoms with Crippen LogP contribution in [-0.4, -0.2) is 27.2 Å². The number of nitrogens with zero attached hydrogens (tertiary/aromatic N) is 3. The number of fused-ring (bicyclic) bond motifs is 1. The molecule has 102 valence electrons. The van der Waals surface area contributed by atoms with E-state index in [1.54, 1.807) is 19.3 Å². The molecule has 6 nitrogen and oxygen atoms in total. The summed E-state index contributed by atoms with van der Waals surface area (Å²) in [5, 5.41) is 13.6. The molecule has 0 amide bonds. The molecule has 0 fully saturated rings. The quantitative estimate of drug-likeness (QED) is 0.606. The van der Waals surface area contributed by atoms with Crippen molar-refractivity contribution in [3.8, 4) is 0 Å². The highest BCUT2D eigenvalue weighted by Crippen LogP contribution is 2.27. The van der Waals surface area contributed by atoms with Crippen molar-refractivity contribution in [1.82, 2.24) is 20.2 Å². The summed E-state index contributed by atoms with van der Waals surface area (Å²) in [4.78, 5) is 8.61. The van der Waals surface area contributed by atoms with Crippen LogP contribution in [0.2, 0.25) is 0 Å². The van der Waals surface area contributed by atoms with E-state index in [2.05, 4.69) is 53.4 Å². The summed E-state index contributed by atoms with van der Waals surface area (Å²) in [6, 6.07) is 4.52. The van der Waals surface area contributed by atoms with Crippen molar-refractivity contribution < 1.29 is 4.39 Å². The van der Waals surface area contributed by atoms with E-state index in [0.717, 1.165) is 14.6 Å². The summed E-state index contributed by atoms with van der Waals surface area (Å²) in [6.45, 7) is 0. The Hall–Kier alpha value is -1.97. The Morgan fingerprint density at radius 1 is 1.30 bits per heavy atom. The van der Waals surface area contributed by atoms with E-state index in [-0.39, 0.29) is 5.82 Å². The van der Waals surface area contributed by atoms with Crippen LogP contribution >= 0.6 is 22.6 Å². The van der Waals surface area contributed by atoms with Gasteiger partial charge in [-0.25, -0.2) is 4.39 Å². The zero-order chi connectivity index (χ0) is 14.1. The van der Waals surface area contributed by atoms with Crippen LogP contribution in [0.3, 0.4) is 0 Å². The van der Waals surface area contributed by atoms with Gasteiger partial charge < -0.3 is 10.6 Å². The van der Waals surface area contributed by atoms with Gasteiger partial charge in [-0.3, -0.25) is 5.10 Å². The molecule has 0 saturated carbocycles. The Balaban J connectivity index is 2.07. The Kier molecular flexibility index (Phi) is 3.38. The molecule has 0 atom stereocenters. The van der Waals surface area contributed by atoms with Crippen LogP contribution in [0.15, 0.2) is 24.4 Å². The molecule has 2 heterocycles. The first-order chi connectivity index (χ1) is 9.67. The van der Waals surface area contributed by atoms with Crippen molar-refractivity contribution in [2.75, 3.05) is 17.7 Å².